The summed E-state index contributed by atoms with van der Waals surface area (Å²) in [5, 5.41) is 4.31. The Balaban J connectivity index is 1.38. The number of carbonyl (C=O) groups is 1. The van der Waals surface area contributed by atoms with Gasteiger partial charge in [-0.1, -0.05) is 24.3 Å². The number of sulfone groups is 1. The van der Waals surface area contributed by atoms with E-state index >= 15 is 0 Å². The monoisotopic (exact) mass is 474 g/mol. The average molecular weight is 475 g/mol. The van der Waals surface area contributed by atoms with Crippen LogP contribution in [0.3, 0.4) is 0 Å². The number of carbonyl (C=O) groups excluding carboxylic acids is 1. The predicted molar refractivity (Wildman–Crippen MR) is 121 cm³/mol. The van der Waals surface area contributed by atoms with E-state index in [2.05, 4.69) is 4.98 Å². The van der Waals surface area contributed by atoms with Gasteiger partial charge in [0, 0.05) is 15.8 Å². The number of thiophene rings is 2. The van der Waals surface area contributed by atoms with Crippen LogP contribution in [0.25, 0.3) is 20.7 Å². The summed E-state index contributed by atoms with van der Waals surface area (Å²) in [6.45, 7) is -0.332. The molecule has 0 aliphatic rings. The van der Waals surface area contributed by atoms with E-state index < -0.39 is 15.8 Å². The molecule has 7 nitrogen and oxygen atoms in total. The van der Waals surface area contributed by atoms with Crippen LogP contribution < -0.4 is 5.56 Å². The Morgan fingerprint density at radius 2 is 1.90 bits per heavy atom. The normalized spacial score (nSPS) is 11.6. The van der Waals surface area contributed by atoms with Crippen LogP contribution in [-0.4, -0.2) is 36.3 Å². The third kappa shape index (κ3) is 4.76. The van der Waals surface area contributed by atoms with Gasteiger partial charge >= 0.3 is 5.97 Å². The number of hydrogen-bond donors (Lipinski definition) is 0. The molecule has 0 fully saturated rings. The van der Waals surface area contributed by atoms with Gasteiger partial charge in [-0.25, -0.2) is 13.4 Å². The molecule has 0 amide bonds. The van der Waals surface area contributed by atoms with Crippen molar-refractivity contribution < 1.29 is 17.9 Å². The van der Waals surface area contributed by atoms with Crippen LogP contribution in [0.2, 0.25) is 0 Å². The second kappa shape index (κ2) is 9.13. The molecule has 0 saturated carbocycles. The maximum Gasteiger partial charge on any atom is 0.326 e. The standard InChI is InChI=1S/C21H18N2O5S3/c24-18(28-9-5-11-31(26,27)15-6-2-1-3-7-15)12-23-14-22-20-19(21(23)25)16(13-30-20)17-8-4-10-29-17/h1-4,6-8,10,13-14H,5,9,11-12H2. The zero-order chi connectivity index (χ0) is 21.8. The van der Waals surface area contributed by atoms with Crippen molar-refractivity contribution in [1.29, 1.82) is 0 Å². The van der Waals surface area contributed by atoms with E-state index in [1.165, 1.54) is 45.7 Å². The zero-order valence-corrected chi connectivity index (χ0v) is 18.7. The lowest BCUT2D eigenvalue weighted by molar-refractivity contribution is -0.144. The van der Waals surface area contributed by atoms with Crippen LogP contribution in [-0.2, 0) is 25.9 Å². The molecular weight excluding hydrogens is 456 g/mol. The predicted octanol–water partition coefficient (Wildman–Crippen LogP) is 3.59. The third-order valence-electron chi connectivity index (χ3n) is 4.57. The van der Waals surface area contributed by atoms with Gasteiger partial charge in [0.05, 0.1) is 29.0 Å². The summed E-state index contributed by atoms with van der Waals surface area (Å²) < 4.78 is 30.9. The molecule has 0 saturated heterocycles. The number of rotatable bonds is 8. The highest BCUT2D eigenvalue weighted by Gasteiger charge is 2.17. The summed E-state index contributed by atoms with van der Waals surface area (Å²) in [4.78, 5) is 31.2. The number of nitrogens with zero attached hydrogens (tertiary/aromatic N) is 2. The molecule has 0 N–H and O–H groups in total. The van der Waals surface area contributed by atoms with E-state index in [4.69, 9.17) is 4.74 Å². The molecule has 160 valence electrons. The fourth-order valence-electron chi connectivity index (χ4n) is 3.06. The number of fused-ring (bicyclic) bond motifs is 1. The van der Waals surface area contributed by atoms with Crippen molar-refractivity contribution in [3.63, 3.8) is 0 Å². The average Bonchev–Trinajstić information content (AvgIpc) is 3.44. The van der Waals surface area contributed by atoms with Crippen LogP contribution >= 0.6 is 22.7 Å². The topological polar surface area (TPSA) is 95.3 Å². The lowest BCUT2D eigenvalue weighted by atomic mass is 10.2. The molecule has 4 aromatic rings. The second-order valence-corrected chi connectivity index (χ2v) is 10.6. The van der Waals surface area contributed by atoms with Crippen molar-refractivity contribution in [2.45, 2.75) is 17.9 Å². The second-order valence-electron chi connectivity index (χ2n) is 6.69. The van der Waals surface area contributed by atoms with Crippen molar-refractivity contribution >= 4 is 48.7 Å². The lowest BCUT2D eigenvalue weighted by Gasteiger charge is -2.08. The van der Waals surface area contributed by atoms with Crippen molar-refractivity contribution in [3.05, 3.63) is 69.9 Å². The summed E-state index contributed by atoms with van der Waals surface area (Å²) in [5.74, 6) is -0.745. The summed E-state index contributed by atoms with van der Waals surface area (Å²) >= 11 is 2.91. The van der Waals surface area contributed by atoms with E-state index in [0.717, 1.165) is 10.4 Å². The molecule has 0 atom stereocenters. The van der Waals surface area contributed by atoms with E-state index in [0.29, 0.717) is 10.2 Å². The Hall–Kier alpha value is -2.82. The molecule has 4 rings (SSSR count). The first-order valence-corrected chi connectivity index (χ1v) is 12.8. The van der Waals surface area contributed by atoms with E-state index in [-0.39, 0.29) is 35.8 Å². The van der Waals surface area contributed by atoms with Gasteiger partial charge in [0.2, 0.25) is 0 Å². The van der Waals surface area contributed by atoms with Crippen LogP contribution in [0.1, 0.15) is 6.42 Å². The van der Waals surface area contributed by atoms with Gasteiger partial charge in [0.15, 0.2) is 9.84 Å². The molecular formula is C21H18N2O5S3. The molecule has 0 aliphatic carbocycles. The molecule has 1 aromatic carbocycles. The van der Waals surface area contributed by atoms with Crippen LogP contribution in [0, 0.1) is 0 Å². The highest BCUT2D eigenvalue weighted by atomic mass is 32.2. The molecule has 3 heterocycles. The fourth-order valence-corrected chi connectivity index (χ4v) is 6.08. The molecule has 0 aliphatic heterocycles. The van der Waals surface area contributed by atoms with Crippen molar-refractivity contribution in [1.82, 2.24) is 9.55 Å². The molecule has 0 radical (unpaired) electrons. The third-order valence-corrected chi connectivity index (χ3v) is 8.18. The Morgan fingerprint density at radius 3 is 2.65 bits per heavy atom. The van der Waals surface area contributed by atoms with E-state index in [1.807, 2.05) is 22.9 Å². The first-order chi connectivity index (χ1) is 15.0. The fraction of sp³-hybridized carbons (Fsp3) is 0.190. The SMILES string of the molecule is O=C(Cn1cnc2scc(-c3cccs3)c2c1=O)OCCCS(=O)(=O)c1ccccc1. The van der Waals surface area contributed by atoms with Gasteiger partial charge < -0.3 is 4.74 Å². The Labute approximate surface area is 186 Å². The number of hydrogen-bond acceptors (Lipinski definition) is 8. The largest absolute Gasteiger partial charge is 0.464 e. The molecule has 10 heteroatoms. The van der Waals surface area contributed by atoms with Crippen molar-refractivity contribution in [2.75, 3.05) is 12.4 Å². The Bertz CT molecular complexity index is 1360. The molecule has 3 aromatic heterocycles. The number of esters is 1. The summed E-state index contributed by atoms with van der Waals surface area (Å²) in [6.07, 6.45) is 1.50. The minimum Gasteiger partial charge on any atom is -0.464 e. The lowest BCUT2D eigenvalue weighted by Crippen LogP contribution is -2.26. The summed E-state index contributed by atoms with van der Waals surface area (Å²) in [5.41, 5.74) is 0.500. The van der Waals surface area contributed by atoms with Gasteiger partial charge in [-0.3, -0.25) is 14.2 Å². The maximum atomic E-state index is 12.9. The van der Waals surface area contributed by atoms with Gasteiger partial charge in [0.1, 0.15) is 11.4 Å². The summed E-state index contributed by atoms with van der Waals surface area (Å²) in [6, 6.07) is 12.0. The van der Waals surface area contributed by atoms with Gasteiger partial charge in [0.25, 0.3) is 5.56 Å². The van der Waals surface area contributed by atoms with Gasteiger partial charge in [-0.05, 0) is 30.0 Å². The quantitative estimate of drug-likeness (QED) is 0.286. The maximum absolute atomic E-state index is 12.9. The highest BCUT2D eigenvalue weighted by molar-refractivity contribution is 7.91. The van der Waals surface area contributed by atoms with E-state index in [9.17, 15) is 18.0 Å². The smallest absolute Gasteiger partial charge is 0.326 e. The minimum absolute atomic E-state index is 0.0474. The molecule has 0 unspecified atom stereocenters. The number of aromatic nitrogens is 2. The Kier molecular flexibility index (Phi) is 6.30. The summed E-state index contributed by atoms with van der Waals surface area (Å²) in [7, 11) is -3.42. The van der Waals surface area contributed by atoms with Crippen molar-refractivity contribution in [3.8, 4) is 10.4 Å². The van der Waals surface area contributed by atoms with Gasteiger partial charge in [-0.2, -0.15) is 0 Å². The Morgan fingerprint density at radius 1 is 1.10 bits per heavy atom. The van der Waals surface area contributed by atoms with Gasteiger partial charge in [-0.15, -0.1) is 22.7 Å². The first-order valence-electron chi connectivity index (χ1n) is 9.39. The minimum atomic E-state index is -3.42. The zero-order valence-electron chi connectivity index (χ0n) is 16.3. The van der Waals surface area contributed by atoms with E-state index in [1.54, 1.807) is 18.2 Å². The van der Waals surface area contributed by atoms with Crippen LogP contribution in [0.15, 0.2) is 69.2 Å². The first kappa shape index (κ1) is 21.4. The number of ether oxygens (including phenoxy) is 1. The molecule has 0 bridgehead atoms. The van der Waals surface area contributed by atoms with Crippen molar-refractivity contribution in [2.24, 2.45) is 0 Å². The number of benzene rings is 1. The van der Waals surface area contributed by atoms with Crippen LogP contribution in [0.4, 0.5) is 0 Å². The molecule has 31 heavy (non-hydrogen) atoms. The highest BCUT2D eigenvalue weighted by Crippen LogP contribution is 2.33. The van der Waals surface area contributed by atoms with Crippen LogP contribution in [0.5, 0.6) is 0 Å². The molecule has 0 spiro atoms.